The van der Waals surface area contributed by atoms with Gasteiger partial charge in [-0.3, -0.25) is 0 Å². The van der Waals surface area contributed by atoms with Crippen molar-refractivity contribution >= 4 is 46.4 Å². The minimum Gasteiger partial charge on any atom is -0.168 e. The maximum atomic E-state index is 8.29. The molecular weight excluding hydrogens is 182 g/mol. The van der Waals surface area contributed by atoms with Crippen LogP contribution in [0.25, 0.3) is 0 Å². The second kappa shape index (κ2) is 9.85. The van der Waals surface area contributed by atoms with Crippen molar-refractivity contribution in [3.05, 3.63) is 0 Å². The quantitative estimate of drug-likeness (QED) is 0.531. The monoisotopic (exact) mass is 182 g/mol. The van der Waals surface area contributed by atoms with Crippen LogP contribution in [0.15, 0.2) is 0 Å². The van der Waals surface area contributed by atoms with Crippen LogP contribution in [0, 0.1) is 0 Å². The number of hydrogen-bond acceptors (Lipinski definition) is 2. The van der Waals surface area contributed by atoms with E-state index in [0.717, 1.165) is 0 Å². The highest BCUT2D eigenvalue weighted by Gasteiger charge is 1.78. The molecule has 0 spiro atoms. The summed E-state index contributed by atoms with van der Waals surface area (Å²) in [6.07, 6.45) is 0. The molecule has 7 heavy (non-hydrogen) atoms. The Kier molecular flexibility index (Phi) is 15.0. The summed E-state index contributed by atoms with van der Waals surface area (Å²) in [6.45, 7) is 0. The molecule has 44 valence electrons. The van der Waals surface area contributed by atoms with E-state index in [0.29, 0.717) is 0 Å². The van der Waals surface area contributed by atoms with Gasteiger partial charge in [0.15, 0.2) is 4.30 Å². The molecule has 0 aromatic heterocycles. The van der Waals surface area contributed by atoms with E-state index < -0.39 is 15.9 Å². The highest BCUT2D eigenvalue weighted by atomic mass is 35.6. The van der Waals surface area contributed by atoms with Gasteiger partial charge < -0.3 is 0 Å². The first-order valence-corrected chi connectivity index (χ1v) is 2.96. The maximum Gasteiger partial charge on any atom is 0.335 e. The van der Waals surface area contributed by atoms with Crippen molar-refractivity contribution in [2.45, 2.75) is 4.30 Å². The van der Waals surface area contributed by atoms with Crippen LogP contribution >= 0.6 is 34.8 Å². The van der Waals surface area contributed by atoms with E-state index in [2.05, 4.69) is 0 Å². The molecule has 0 unspecified atom stereocenters. The van der Waals surface area contributed by atoms with Crippen molar-refractivity contribution < 1.29 is 8.42 Å². The molecule has 0 N–H and O–H groups in total. The SMILES string of the molecule is ClC(Cl)Cl.O=S=O. The van der Waals surface area contributed by atoms with Gasteiger partial charge in [-0.1, -0.05) is 34.8 Å². The summed E-state index contributed by atoms with van der Waals surface area (Å²) in [5.41, 5.74) is 0. The summed E-state index contributed by atoms with van der Waals surface area (Å²) in [7, 11) is 0. The summed E-state index contributed by atoms with van der Waals surface area (Å²) >= 11 is 13.7. The van der Waals surface area contributed by atoms with Gasteiger partial charge in [-0.15, -0.1) is 0 Å². The molecule has 0 aromatic rings. The van der Waals surface area contributed by atoms with Crippen LogP contribution in [0.3, 0.4) is 0 Å². The van der Waals surface area contributed by atoms with Crippen LogP contribution in [0.1, 0.15) is 0 Å². The van der Waals surface area contributed by atoms with Crippen LogP contribution < -0.4 is 0 Å². The smallest absolute Gasteiger partial charge is 0.168 e. The number of rotatable bonds is 0. The summed E-state index contributed by atoms with van der Waals surface area (Å²) in [5, 5.41) is 0. The highest BCUT2D eigenvalue weighted by molar-refractivity contribution is 7.51. The number of alkyl halides is 3. The third-order valence-electron chi connectivity index (χ3n) is 0. The van der Waals surface area contributed by atoms with E-state index in [4.69, 9.17) is 43.2 Å². The summed E-state index contributed by atoms with van der Waals surface area (Å²) in [5.74, 6) is 0. The van der Waals surface area contributed by atoms with Crippen molar-refractivity contribution in [3.8, 4) is 0 Å². The van der Waals surface area contributed by atoms with Gasteiger partial charge in [0.2, 0.25) is 0 Å². The minimum absolute atomic E-state index is 0.750. The molecule has 0 amide bonds. The first-order valence-electron chi connectivity index (χ1n) is 0.988. The van der Waals surface area contributed by atoms with Gasteiger partial charge in [-0.25, -0.2) is 0 Å². The Morgan fingerprint density at radius 1 is 1.14 bits per heavy atom. The van der Waals surface area contributed by atoms with Gasteiger partial charge >= 0.3 is 11.6 Å². The lowest BCUT2D eigenvalue weighted by Crippen LogP contribution is -1.55. The first-order chi connectivity index (χ1) is 3.15. The standard InChI is InChI=1S/CHCl3.O2S/c2-1(3)4;1-3-2/h1H;. The third kappa shape index (κ3) is 309. The van der Waals surface area contributed by atoms with Gasteiger partial charge in [0.25, 0.3) is 0 Å². The van der Waals surface area contributed by atoms with Crippen LogP contribution in [0.4, 0.5) is 0 Å². The maximum absolute atomic E-state index is 8.29. The topological polar surface area (TPSA) is 34.1 Å². The molecule has 0 aliphatic rings. The fraction of sp³-hybridized carbons (Fsp3) is 1.00. The largest absolute Gasteiger partial charge is 0.335 e. The molecule has 0 saturated carbocycles. The van der Waals surface area contributed by atoms with E-state index in [1.165, 1.54) is 0 Å². The van der Waals surface area contributed by atoms with Crippen LogP contribution in [0.2, 0.25) is 0 Å². The molecule has 0 saturated heterocycles. The Hall–Kier alpha value is 0.690. The molecule has 0 radical (unpaired) electrons. The van der Waals surface area contributed by atoms with Crippen molar-refractivity contribution in [1.82, 2.24) is 0 Å². The van der Waals surface area contributed by atoms with Gasteiger partial charge in [0.05, 0.1) is 0 Å². The van der Waals surface area contributed by atoms with E-state index in [1.54, 1.807) is 0 Å². The second-order valence-corrected chi connectivity index (χ2v) is 2.43. The van der Waals surface area contributed by atoms with Gasteiger partial charge in [-0.05, 0) is 0 Å². The molecule has 0 fully saturated rings. The Morgan fingerprint density at radius 2 is 1.14 bits per heavy atom. The molecule has 0 aromatic carbocycles. The summed E-state index contributed by atoms with van der Waals surface area (Å²) in [4.78, 5) is 0. The number of hydrogen-bond donors (Lipinski definition) is 0. The highest BCUT2D eigenvalue weighted by Crippen LogP contribution is 2.03. The van der Waals surface area contributed by atoms with E-state index >= 15 is 0 Å². The number of halogens is 3. The van der Waals surface area contributed by atoms with Crippen molar-refractivity contribution in [2.24, 2.45) is 0 Å². The molecule has 0 aliphatic carbocycles. The molecular formula is CHCl3O2S. The zero-order valence-electron chi connectivity index (χ0n) is 2.94. The van der Waals surface area contributed by atoms with E-state index in [1.807, 2.05) is 0 Å². The fourth-order valence-electron chi connectivity index (χ4n) is 0. The van der Waals surface area contributed by atoms with Gasteiger partial charge in [-0.2, -0.15) is 8.42 Å². The van der Waals surface area contributed by atoms with Crippen molar-refractivity contribution in [3.63, 3.8) is 0 Å². The normalized spacial score (nSPS) is 6.86. The molecule has 0 rings (SSSR count). The predicted molar refractivity (Wildman–Crippen MR) is 30.3 cm³/mol. The van der Waals surface area contributed by atoms with Gasteiger partial charge in [0, 0.05) is 0 Å². The van der Waals surface area contributed by atoms with Crippen LogP contribution in [0.5, 0.6) is 0 Å². The lowest BCUT2D eigenvalue weighted by Gasteiger charge is -1.69. The molecule has 0 atom stereocenters. The summed E-state index contributed by atoms with van der Waals surface area (Å²) in [6, 6.07) is 0. The zero-order chi connectivity index (χ0) is 6.28. The van der Waals surface area contributed by atoms with Gasteiger partial charge in [0.1, 0.15) is 0 Å². The Bertz CT molecular complexity index is 55.2. The lowest BCUT2D eigenvalue weighted by molar-refractivity contribution is 0.630. The zero-order valence-corrected chi connectivity index (χ0v) is 6.02. The van der Waals surface area contributed by atoms with E-state index in [9.17, 15) is 0 Å². The Morgan fingerprint density at radius 3 is 1.14 bits per heavy atom. The van der Waals surface area contributed by atoms with Crippen LogP contribution in [-0.2, 0) is 11.6 Å². The molecule has 6 heteroatoms. The van der Waals surface area contributed by atoms with Crippen LogP contribution in [-0.4, -0.2) is 12.7 Å². The fourth-order valence-corrected chi connectivity index (χ4v) is 0. The molecule has 0 heterocycles. The first kappa shape index (κ1) is 10.6. The Balaban J connectivity index is 0. The summed E-state index contributed by atoms with van der Waals surface area (Å²) < 4.78 is 15.8. The van der Waals surface area contributed by atoms with Crippen molar-refractivity contribution in [1.29, 1.82) is 0 Å². The lowest BCUT2D eigenvalue weighted by atomic mass is 11.9. The van der Waals surface area contributed by atoms with Crippen molar-refractivity contribution in [2.75, 3.05) is 0 Å². The van der Waals surface area contributed by atoms with E-state index in [-0.39, 0.29) is 0 Å². The average molecular weight is 183 g/mol. The average Bonchev–Trinajstić information content (AvgIpc) is 1.33. The Labute approximate surface area is 59.3 Å². The molecule has 0 aliphatic heterocycles. The predicted octanol–water partition coefficient (Wildman–Crippen LogP) is 1.32. The molecule has 0 bridgehead atoms. The second-order valence-electron chi connectivity index (χ2n) is 0.315. The minimum atomic E-state index is -0.750. The third-order valence-corrected chi connectivity index (χ3v) is 0. The molecule has 2 nitrogen and oxygen atoms in total.